The molecule has 0 aliphatic heterocycles. The lowest BCUT2D eigenvalue weighted by atomic mass is 10.2. The number of rotatable bonds is 1. The summed E-state index contributed by atoms with van der Waals surface area (Å²) >= 11 is 0. The first-order chi connectivity index (χ1) is 4.70. The number of hydrogen-bond acceptors (Lipinski definition) is 2. The van der Waals surface area contributed by atoms with Crippen molar-refractivity contribution in [2.24, 2.45) is 0 Å². The van der Waals surface area contributed by atoms with Crippen LogP contribution >= 0.6 is 0 Å². The summed E-state index contributed by atoms with van der Waals surface area (Å²) in [6, 6.07) is 6.52. The van der Waals surface area contributed by atoms with Crippen molar-refractivity contribution in [2.45, 2.75) is 6.92 Å². The average Bonchev–Trinajstić information content (AvgIpc) is 1.88. The minimum Gasteiger partial charge on any atom is -0.258 e. The molecule has 0 heterocycles. The molecule has 3 radical (unpaired) electrons. The Kier molecular flexibility index (Phi) is 3.31. The maximum absolute atomic E-state index is 10.2. The maximum atomic E-state index is 10.2. The van der Waals surface area contributed by atoms with Crippen molar-refractivity contribution in [3.63, 3.8) is 0 Å². The molecule has 4 heteroatoms. The maximum Gasteiger partial charge on any atom is 0.269 e. The van der Waals surface area contributed by atoms with Gasteiger partial charge in [0.05, 0.1) is 4.92 Å². The quantitative estimate of drug-likeness (QED) is 0.344. The number of non-ortho nitro benzene ring substituents is 1. The Labute approximate surface area is 66.8 Å². The molecule has 0 unspecified atom stereocenters. The zero-order valence-corrected chi connectivity index (χ0v) is 6.15. The van der Waals surface area contributed by atoms with E-state index >= 15 is 0 Å². The molecule has 0 amide bonds. The lowest BCUT2D eigenvalue weighted by molar-refractivity contribution is -0.384. The Morgan fingerprint density at radius 3 is 2.45 bits per heavy atom. The van der Waals surface area contributed by atoms with Gasteiger partial charge in [-0.15, -0.1) is 0 Å². The van der Waals surface area contributed by atoms with Crippen LogP contribution in [0.15, 0.2) is 24.3 Å². The highest BCUT2D eigenvalue weighted by atomic mass is 16.6. The van der Waals surface area contributed by atoms with E-state index in [1.807, 2.05) is 13.0 Å². The van der Waals surface area contributed by atoms with Crippen LogP contribution in [0.25, 0.3) is 0 Å². The van der Waals surface area contributed by atoms with Crippen molar-refractivity contribution < 1.29 is 4.92 Å². The summed E-state index contributed by atoms with van der Waals surface area (Å²) in [6.45, 7) is 1.83. The van der Waals surface area contributed by atoms with E-state index in [2.05, 4.69) is 0 Å². The van der Waals surface area contributed by atoms with E-state index in [-0.39, 0.29) is 14.1 Å². The number of nitro benzene ring substituents is 1. The van der Waals surface area contributed by atoms with Gasteiger partial charge in [0.25, 0.3) is 5.69 Å². The second kappa shape index (κ2) is 3.76. The minimum absolute atomic E-state index is 0. The van der Waals surface area contributed by atoms with Gasteiger partial charge in [-0.1, -0.05) is 12.1 Å². The molecule has 1 aromatic carbocycles. The predicted octanol–water partition coefficient (Wildman–Crippen LogP) is 1.52. The summed E-state index contributed by atoms with van der Waals surface area (Å²) in [5, 5.41) is 10.2. The van der Waals surface area contributed by atoms with E-state index in [0.29, 0.717) is 0 Å². The van der Waals surface area contributed by atoms with Gasteiger partial charge in [-0.2, -0.15) is 0 Å². The highest BCUT2D eigenvalue weighted by Gasteiger charge is 2.01. The van der Waals surface area contributed by atoms with Crippen molar-refractivity contribution in [2.75, 3.05) is 0 Å². The van der Waals surface area contributed by atoms with Crippen molar-refractivity contribution in [3.8, 4) is 0 Å². The van der Waals surface area contributed by atoms with Gasteiger partial charge in [0.15, 0.2) is 0 Å². The monoisotopic (exact) mass is 148 g/mol. The van der Waals surface area contributed by atoms with Crippen molar-refractivity contribution in [3.05, 3.63) is 39.9 Å². The number of hydrogen-bond donors (Lipinski definition) is 0. The summed E-state index contributed by atoms with van der Waals surface area (Å²) in [4.78, 5) is 9.76. The lowest BCUT2D eigenvalue weighted by Crippen LogP contribution is -1.86. The van der Waals surface area contributed by atoms with Crippen LogP contribution in [-0.4, -0.2) is 13.3 Å². The van der Waals surface area contributed by atoms with E-state index < -0.39 is 4.92 Å². The lowest BCUT2D eigenvalue weighted by Gasteiger charge is -1.90. The Hall–Kier alpha value is -1.32. The van der Waals surface area contributed by atoms with Crippen LogP contribution in [0.5, 0.6) is 0 Å². The second-order valence-electron chi connectivity index (χ2n) is 2.10. The third kappa shape index (κ3) is 2.41. The van der Waals surface area contributed by atoms with Crippen LogP contribution in [0.1, 0.15) is 5.56 Å². The molecule has 0 aromatic heterocycles. The molecule has 0 bridgehead atoms. The molecule has 11 heavy (non-hydrogen) atoms. The first-order valence-corrected chi connectivity index (χ1v) is 2.91. The summed E-state index contributed by atoms with van der Waals surface area (Å²) in [6.07, 6.45) is 0. The van der Waals surface area contributed by atoms with Gasteiger partial charge in [-0.25, -0.2) is 0 Å². The van der Waals surface area contributed by atoms with E-state index in [4.69, 9.17) is 0 Å². The normalized spacial score (nSPS) is 8.45. The SMILES string of the molecule is Cc1cccc([N+](=O)[O-])c1.[B]. The van der Waals surface area contributed by atoms with Gasteiger partial charge in [0, 0.05) is 20.5 Å². The zero-order valence-electron chi connectivity index (χ0n) is 6.15. The molecule has 0 aliphatic rings. The fraction of sp³-hybridized carbons (Fsp3) is 0.143. The largest absolute Gasteiger partial charge is 0.269 e. The smallest absolute Gasteiger partial charge is 0.258 e. The molecule has 0 spiro atoms. The van der Waals surface area contributed by atoms with Crippen LogP contribution < -0.4 is 0 Å². The third-order valence-corrected chi connectivity index (χ3v) is 1.21. The van der Waals surface area contributed by atoms with Gasteiger partial charge in [-0.3, -0.25) is 10.1 Å². The fourth-order valence-corrected chi connectivity index (χ4v) is 0.742. The van der Waals surface area contributed by atoms with Crippen LogP contribution in [0.2, 0.25) is 0 Å². The molecule has 0 saturated carbocycles. The van der Waals surface area contributed by atoms with Gasteiger partial charge >= 0.3 is 0 Å². The fourth-order valence-electron chi connectivity index (χ4n) is 0.742. The van der Waals surface area contributed by atoms with Crippen molar-refractivity contribution in [1.29, 1.82) is 0 Å². The Morgan fingerprint density at radius 2 is 2.09 bits per heavy atom. The van der Waals surface area contributed by atoms with Crippen LogP contribution in [0, 0.1) is 17.0 Å². The summed E-state index contributed by atoms with van der Waals surface area (Å²) in [5.74, 6) is 0. The summed E-state index contributed by atoms with van der Waals surface area (Å²) in [5.41, 5.74) is 1.06. The molecule has 1 rings (SSSR count). The molecule has 0 atom stereocenters. The van der Waals surface area contributed by atoms with Gasteiger partial charge in [-0.05, 0) is 12.5 Å². The van der Waals surface area contributed by atoms with Gasteiger partial charge < -0.3 is 0 Å². The molecular formula is C7H7BNO2. The summed E-state index contributed by atoms with van der Waals surface area (Å²) < 4.78 is 0. The summed E-state index contributed by atoms with van der Waals surface area (Å²) in [7, 11) is 0. The van der Waals surface area contributed by atoms with Crippen LogP contribution in [0.3, 0.4) is 0 Å². The minimum atomic E-state index is -0.396. The molecule has 0 aliphatic carbocycles. The van der Waals surface area contributed by atoms with E-state index in [1.54, 1.807) is 12.1 Å². The van der Waals surface area contributed by atoms with E-state index in [0.717, 1.165) is 5.56 Å². The zero-order chi connectivity index (χ0) is 7.56. The second-order valence-corrected chi connectivity index (χ2v) is 2.10. The Balaban J connectivity index is 0.000001000. The van der Waals surface area contributed by atoms with Gasteiger partial charge in [0.1, 0.15) is 0 Å². The first kappa shape index (κ1) is 9.68. The number of nitrogens with zero attached hydrogens (tertiary/aromatic N) is 1. The highest BCUT2D eigenvalue weighted by molar-refractivity contribution is 5.75. The Bertz CT molecular complexity index is 262. The van der Waals surface area contributed by atoms with Gasteiger partial charge in [0.2, 0.25) is 0 Å². The van der Waals surface area contributed by atoms with Crippen LogP contribution in [0.4, 0.5) is 5.69 Å². The third-order valence-electron chi connectivity index (χ3n) is 1.21. The predicted molar refractivity (Wildman–Crippen MR) is 43.6 cm³/mol. The number of benzene rings is 1. The van der Waals surface area contributed by atoms with Crippen molar-refractivity contribution >= 4 is 14.1 Å². The van der Waals surface area contributed by atoms with E-state index in [9.17, 15) is 10.1 Å². The highest BCUT2D eigenvalue weighted by Crippen LogP contribution is 2.11. The van der Waals surface area contributed by atoms with E-state index in [1.165, 1.54) is 6.07 Å². The molecule has 0 saturated heterocycles. The van der Waals surface area contributed by atoms with Crippen LogP contribution in [-0.2, 0) is 0 Å². The van der Waals surface area contributed by atoms with Crippen molar-refractivity contribution in [1.82, 2.24) is 0 Å². The topological polar surface area (TPSA) is 43.1 Å². The first-order valence-electron chi connectivity index (χ1n) is 2.91. The Morgan fingerprint density at radius 1 is 1.45 bits per heavy atom. The molecule has 3 nitrogen and oxygen atoms in total. The molecule has 1 aromatic rings. The average molecular weight is 148 g/mol. The number of nitro groups is 1. The molecular weight excluding hydrogens is 141 g/mol. The molecule has 0 N–H and O–H groups in total. The number of aryl methyl sites for hydroxylation is 1. The standard InChI is InChI=1S/C7H7NO2.B/c1-6-3-2-4-7(5-6)8(9)10;/h2-5H,1H3;. The molecule has 0 fully saturated rings. The molecule has 55 valence electrons.